The van der Waals surface area contributed by atoms with Crippen LogP contribution in [0.15, 0.2) is 18.2 Å². The summed E-state index contributed by atoms with van der Waals surface area (Å²) in [6.45, 7) is 4.27. The highest BCUT2D eigenvalue weighted by atomic mass is 19.1. The van der Waals surface area contributed by atoms with Crippen molar-refractivity contribution >= 4 is 11.6 Å². The van der Waals surface area contributed by atoms with Gasteiger partial charge >= 0.3 is 0 Å². The first-order chi connectivity index (χ1) is 9.12. The molecule has 0 unspecified atom stereocenters. The molecule has 0 aliphatic carbocycles. The van der Waals surface area contributed by atoms with Gasteiger partial charge in [-0.25, -0.2) is 4.39 Å². The molecule has 0 aromatic heterocycles. The maximum absolute atomic E-state index is 13.3. The average Bonchev–Trinajstić information content (AvgIpc) is 2.40. The Morgan fingerprint density at radius 2 is 1.95 bits per heavy atom. The van der Waals surface area contributed by atoms with Gasteiger partial charge in [0.1, 0.15) is 5.82 Å². The van der Waals surface area contributed by atoms with E-state index in [4.69, 9.17) is 5.73 Å². The molecule has 1 aromatic rings. The van der Waals surface area contributed by atoms with E-state index in [9.17, 15) is 9.18 Å². The predicted molar refractivity (Wildman–Crippen MR) is 76.2 cm³/mol. The van der Waals surface area contributed by atoms with Crippen LogP contribution in [-0.4, -0.2) is 5.91 Å². The van der Waals surface area contributed by atoms with Crippen molar-refractivity contribution in [3.63, 3.8) is 0 Å². The Labute approximate surface area is 114 Å². The molecular weight excluding hydrogens is 243 g/mol. The van der Waals surface area contributed by atoms with Gasteiger partial charge in [-0.05, 0) is 31.0 Å². The molecule has 0 saturated heterocycles. The van der Waals surface area contributed by atoms with Crippen molar-refractivity contribution < 1.29 is 9.18 Å². The number of hydrogen-bond acceptors (Lipinski definition) is 2. The number of hydrogen-bond donors (Lipinski definition) is 2. The van der Waals surface area contributed by atoms with E-state index >= 15 is 0 Å². The lowest BCUT2D eigenvalue weighted by atomic mass is 9.97. The third kappa shape index (κ3) is 4.63. The Morgan fingerprint density at radius 3 is 2.47 bits per heavy atom. The molecule has 0 spiro atoms. The summed E-state index contributed by atoms with van der Waals surface area (Å²) < 4.78 is 13.3. The normalized spacial score (nSPS) is 10.8. The van der Waals surface area contributed by atoms with Crippen LogP contribution in [0.25, 0.3) is 0 Å². The largest absolute Gasteiger partial charge is 0.326 e. The molecule has 1 amide bonds. The van der Waals surface area contributed by atoms with Crippen LogP contribution >= 0.6 is 0 Å². The van der Waals surface area contributed by atoms with E-state index in [-0.39, 0.29) is 24.2 Å². The van der Waals surface area contributed by atoms with Crippen LogP contribution < -0.4 is 11.1 Å². The van der Waals surface area contributed by atoms with Gasteiger partial charge in [-0.3, -0.25) is 4.79 Å². The van der Waals surface area contributed by atoms with Crippen molar-refractivity contribution in [2.24, 2.45) is 11.7 Å². The zero-order chi connectivity index (χ0) is 14.3. The Bertz CT molecular complexity index is 415. The minimum absolute atomic E-state index is 0.0123. The second-order valence-electron chi connectivity index (χ2n) is 4.77. The van der Waals surface area contributed by atoms with Crippen LogP contribution in [0.1, 0.15) is 45.1 Å². The first-order valence-corrected chi connectivity index (χ1v) is 6.91. The van der Waals surface area contributed by atoms with Crippen LogP contribution in [0.3, 0.4) is 0 Å². The molecule has 0 bridgehead atoms. The predicted octanol–water partition coefficient (Wildman–Crippen LogP) is 3.44. The minimum Gasteiger partial charge on any atom is -0.326 e. The first-order valence-electron chi connectivity index (χ1n) is 6.91. The van der Waals surface area contributed by atoms with E-state index < -0.39 is 0 Å². The van der Waals surface area contributed by atoms with Gasteiger partial charge in [0.15, 0.2) is 0 Å². The van der Waals surface area contributed by atoms with Gasteiger partial charge in [0.05, 0.1) is 0 Å². The molecule has 0 atom stereocenters. The standard InChI is InChI=1S/C15H23FN2O/c1-3-5-11(6-4-2)15(19)18-13-7-8-14(16)12(9-13)10-17/h7-9,11H,3-6,10,17H2,1-2H3,(H,18,19). The molecule has 0 saturated carbocycles. The van der Waals surface area contributed by atoms with E-state index in [1.807, 2.05) is 0 Å². The summed E-state index contributed by atoms with van der Waals surface area (Å²) in [5.74, 6) is -0.293. The van der Waals surface area contributed by atoms with Crippen LogP contribution in [0, 0.1) is 11.7 Å². The molecule has 3 N–H and O–H groups in total. The van der Waals surface area contributed by atoms with Gasteiger partial charge in [-0.1, -0.05) is 26.7 Å². The SMILES string of the molecule is CCCC(CCC)C(=O)Nc1ccc(F)c(CN)c1. The second-order valence-corrected chi connectivity index (χ2v) is 4.77. The molecular formula is C15H23FN2O. The zero-order valence-electron chi connectivity index (χ0n) is 11.7. The highest BCUT2D eigenvalue weighted by Gasteiger charge is 2.16. The van der Waals surface area contributed by atoms with Crippen molar-refractivity contribution in [3.8, 4) is 0 Å². The van der Waals surface area contributed by atoms with Crippen molar-refractivity contribution in [2.45, 2.75) is 46.1 Å². The number of carbonyl (C=O) groups excluding carboxylic acids is 1. The van der Waals surface area contributed by atoms with E-state index in [0.29, 0.717) is 11.3 Å². The summed E-state index contributed by atoms with van der Waals surface area (Å²) in [5.41, 5.74) is 6.48. The minimum atomic E-state index is -0.334. The molecule has 106 valence electrons. The number of nitrogens with one attached hydrogen (secondary N) is 1. The molecule has 0 aliphatic rings. The van der Waals surface area contributed by atoms with Gasteiger partial charge in [0.2, 0.25) is 5.91 Å². The van der Waals surface area contributed by atoms with Crippen LogP contribution in [-0.2, 0) is 11.3 Å². The van der Waals surface area contributed by atoms with Crippen LogP contribution in [0.2, 0.25) is 0 Å². The number of rotatable bonds is 7. The number of anilines is 1. The second kappa shape index (κ2) is 7.89. The van der Waals surface area contributed by atoms with Crippen molar-refractivity contribution in [2.75, 3.05) is 5.32 Å². The highest BCUT2D eigenvalue weighted by molar-refractivity contribution is 5.92. The lowest BCUT2D eigenvalue weighted by molar-refractivity contribution is -0.120. The molecule has 1 aromatic carbocycles. The van der Waals surface area contributed by atoms with Crippen molar-refractivity contribution in [3.05, 3.63) is 29.6 Å². The average molecular weight is 266 g/mol. The van der Waals surface area contributed by atoms with Crippen LogP contribution in [0.4, 0.5) is 10.1 Å². The number of nitrogens with two attached hydrogens (primary N) is 1. The molecule has 0 fully saturated rings. The Hall–Kier alpha value is -1.42. The van der Waals surface area contributed by atoms with E-state index in [1.54, 1.807) is 12.1 Å². The van der Waals surface area contributed by atoms with E-state index in [0.717, 1.165) is 25.7 Å². The molecule has 0 heterocycles. The molecule has 1 rings (SSSR count). The highest BCUT2D eigenvalue weighted by Crippen LogP contribution is 2.19. The van der Waals surface area contributed by atoms with Gasteiger partial charge in [0, 0.05) is 23.7 Å². The topological polar surface area (TPSA) is 55.1 Å². The molecule has 0 radical (unpaired) electrons. The number of halogens is 1. The van der Waals surface area contributed by atoms with E-state index in [2.05, 4.69) is 19.2 Å². The summed E-state index contributed by atoms with van der Waals surface area (Å²) in [7, 11) is 0. The Kier molecular flexibility index (Phi) is 6.50. The van der Waals surface area contributed by atoms with Gasteiger partial charge in [-0.15, -0.1) is 0 Å². The monoisotopic (exact) mass is 266 g/mol. The maximum Gasteiger partial charge on any atom is 0.227 e. The summed E-state index contributed by atoms with van der Waals surface area (Å²) in [4.78, 5) is 12.1. The molecule has 0 aliphatic heterocycles. The fraction of sp³-hybridized carbons (Fsp3) is 0.533. The van der Waals surface area contributed by atoms with E-state index in [1.165, 1.54) is 6.07 Å². The fourth-order valence-corrected chi connectivity index (χ4v) is 2.16. The van der Waals surface area contributed by atoms with Gasteiger partial charge in [-0.2, -0.15) is 0 Å². The summed E-state index contributed by atoms with van der Waals surface area (Å²) in [5, 5.41) is 2.85. The molecule has 19 heavy (non-hydrogen) atoms. The van der Waals surface area contributed by atoms with Gasteiger partial charge in [0.25, 0.3) is 0 Å². The van der Waals surface area contributed by atoms with Crippen LogP contribution in [0.5, 0.6) is 0 Å². The number of amides is 1. The first kappa shape index (κ1) is 15.6. The fourth-order valence-electron chi connectivity index (χ4n) is 2.16. The third-order valence-corrected chi connectivity index (χ3v) is 3.18. The third-order valence-electron chi connectivity index (χ3n) is 3.18. The van der Waals surface area contributed by atoms with Gasteiger partial charge < -0.3 is 11.1 Å². The summed E-state index contributed by atoms with van der Waals surface area (Å²) in [6, 6.07) is 4.51. The number of benzene rings is 1. The quantitative estimate of drug-likeness (QED) is 0.794. The van der Waals surface area contributed by atoms with Crippen molar-refractivity contribution in [1.29, 1.82) is 0 Å². The Balaban J connectivity index is 2.74. The molecule has 3 nitrogen and oxygen atoms in total. The summed E-state index contributed by atoms with van der Waals surface area (Å²) in [6.07, 6.45) is 3.72. The lowest BCUT2D eigenvalue weighted by Gasteiger charge is -2.15. The zero-order valence-corrected chi connectivity index (χ0v) is 11.7. The number of carbonyl (C=O) groups is 1. The molecule has 4 heteroatoms. The Morgan fingerprint density at radius 1 is 1.32 bits per heavy atom. The smallest absolute Gasteiger partial charge is 0.227 e. The summed E-state index contributed by atoms with van der Waals surface area (Å²) >= 11 is 0. The lowest BCUT2D eigenvalue weighted by Crippen LogP contribution is -2.22. The van der Waals surface area contributed by atoms with Crippen molar-refractivity contribution in [1.82, 2.24) is 0 Å². The maximum atomic E-state index is 13.3.